The van der Waals surface area contributed by atoms with Crippen molar-refractivity contribution in [2.75, 3.05) is 0 Å². The number of imidazole rings is 1. The van der Waals surface area contributed by atoms with Crippen LogP contribution in [0.25, 0.3) is 11.0 Å². The van der Waals surface area contributed by atoms with Gasteiger partial charge in [0.25, 0.3) is 0 Å². The minimum atomic E-state index is 0.410. The predicted molar refractivity (Wildman–Crippen MR) is 70.5 cm³/mol. The molecule has 0 aliphatic carbocycles. The van der Waals surface area contributed by atoms with E-state index in [0.717, 1.165) is 16.9 Å². The van der Waals surface area contributed by atoms with Gasteiger partial charge in [0, 0.05) is 0 Å². The zero-order valence-electron chi connectivity index (χ0n) is 10.3. The van der Waals surface area contributed by atoms with Crippen molar-refractivity contribution in [3.05, 3.63) is 29.6 Å². The van der Waals surface area contributed by atoms with Crippen LogP contribution in [0.15, 0.2) is 18.2 Å². The van der Waals surface area contributed by atoms with Gasteiger partial charge in [-0.1, -0.05) is 25.8 Å². The summed E-state index contributed by atoms with van der Waals surface area (Å²) in [6.45, 7) is 5.27. The van der Waals surface area contributed by atoms with Crippen molar-refractivity contribution in [3.63, 3.8) is 0 Å². The summed E-state index contributed by atoms with van der Waals surface area (Å²) in [5, 5.41) is 0. The van der Waals surface area contributed by atoms with Crippen molar-refractivity contribution in [2.45, 2.75) is 32.9 Å². The fourth-order valence-electron chi connectivity index (χ4n) is 1.98. The first kappa shape index (κ1) is 11.7. The van der Waals surface area contributed by atoms with Gasteiger partial charge in [0.05, 0.1) is 24.1 Å². The van der Waals surface area contributed by atoms with Crippen LogP contribution >= 0.6 is 0 Å². The molecule has 0 radical (unpaired) electrons. The zero-order chi connectivity index (χ0) is 12.4. The van der Waals surface area contributed by atoms with E-state index in [1.54, 1.807) is 0 Å². The molecule has 1 aromatic heterocycles. The van der Waals surface area contributed by atoms with E-state index in [4.69, 9.17) is 12.2 Å². The van der Waals surface area contributed by atoms with E-state index in [2.05, 4.69) is 43.0 Å². The van der Waals surface area contributed by atoms with Crippen LogP contribution < -0.4 is 5.73 Å². The summed E-state index contributed by atoms with van der Waals surface area (Å²) in [5.41, 5.74) is 9.02. The number of rotatable bonds is 3. The predicted octanol–water partition coefficient (Wildman–Crippen LogP) is 2.25. The minimum Gasteiger partial charge on any atom is -0.324 e. The molecule has 1 heterocycles. The van der Waals surface area contributed by atoms with Gasteiger partial charge >= 0.3 is 0 Å². The Morgan fingerprint density at radius 3 is 2.82 bits per heavy atom. The van der Waals surface area contributed by atoms with E-state index >= 15 is 0 Å². The van der Waals surface area contributed by atoms with E-state index in [0.29, 0.717) is 19.0 Å². The first-order valence-electron chi connectivity index (χ1n) is 5.80. The van der Waals surface area contributed by atoms with Crippen LogP contribution in [-0.4, -0.2) is 9.55 Å². The Kier molecular flexibility index (Phi) is 3.16. The molecule has 0 unspecified atom stereocenters. The highest BCUT2D eigenvalue weighted by Gasteiger charge is 2.10. The van der Waals surface area contributed by atoms with E-state index < -0.39 is 0 Å². The molecule has 0 aliphatic heterocycles. The third-order valence-corrected chi connectivity index (χ3v) is 2.95. The van der Waals surface area contributed by atoms with Gasteiger partial charge in [-0.05, 0) is 23.6 Å². The molecule has 88 valence electrons. The van der Waals surface area contributed by atoms with Crippen LogP contribution in [0.5, 0.6) is 0 Å². The average Bonchev–Trinajstić information content (AvgIpc) is 2.67. The van der Waals surface area contributed by atoms with Crippen LogP contribution in [0.3, 0.4) is 0 Å². The number of hydrogen-bond donors (Lipinski definition) is 1. The van der Waals surface area contributed by atoms with Gasteiger partial charge in [-0.15, -0.1) is 6.42 Å². The summed E-state index contributed by atoms with van der Waals surface area (Å²) in [4.78, 5) is 4.54. The standard InChI is InChI=1S/C14H17N3/c1-4-7-17-13-6-5-11(10(2)3)8-12(13)16-14(17)9-15/h1,5-6,8,10H,7,9,15H2,2-3H3. The molecule has 3 heteroatoms. The quantitative estimate of drug-likeness (QED) is 0.817. The molecule has 0 saturated carbocycles. The second kappa shape index (κ2) is 4.60. The molecule has 17 heavy (non-hydrogen) atoms. The summed E-state index contributed by atoms with van der Waals surface area (Å²) in [6.07, 6.45) is 5.37. The van der Waals surface area contributed by atoms with Crippen molar-refractivity contribution >= 4 is 11.0 Å². The highest BCUT2D eigenvalue weighted by Crippen LogP contribution is 2.22. The molecule has 0 amide bonds. The molecule has 0 aliphatic rings. The molecule has 2 N–H and O–H groups in total. The first-order chi connectivity index (χ1) is 8.17. The van der Waals surface area contributed by atoms with Gasteiger partial charge in [0.15, 0.2) is 0 Å². The normalized spacial score (nSPS) is 11.0. The van der Waals surface area contributed by atoms with E-state index in [1.807, 2.05) is 4.57 Å². The second-order valence-corrected chi connectivity index (χ2v) is 4.43. The molecule has 0 spiro atoms. The molecule has 0 saturated heterocycles. The van der Waals surface area contributed by atoms with Gasteiger partial charge in [-0.25, -0.2) is 4.98 Å². The Hall–Kier alpha value is -1.79. The van der Waals surface area contributed by atoms with Gasteiger partial charge in [0.2, 0.25) is 0 Å². The smallest absolute Gasteiger partial charge is 0.124 e. The maximum absolute atomic E-state index is 5.69. The fourth-order valence-corrected chi connectivity index (χ4v) is 1.98. The SMILES string of the molecule is C#CCn1c(CN)nc2cc(C(C)C)ccc21. The zero-order valence-corrected chi connectivity index (χ0v) is 10.3. The number of aromatic nitrogens is 2. The first-order valence-corrected chi connectivity index (χ1v) is 5.80. The lowest BCUT2D eigenvalue weighted by molar-refractivity contribution is 0.771. The lowest BCUT2D eigenvalue weighted by Gasteiger charge is -2.05. The summed E-state index contributed by atoms with van der Waals surface area (Å²) in [6, 6.07) is 6.32. The maximum Gasteiger partial charge on any atom is 0.124 e. The number of terminal acetylenes is 1. The molecule has 0 fully saturated rings. The topological polar surface area (TPSA) is 43.8 Å². The Morgan fingerprint density at radius 2 is 2.24 bits per heavy atom. The molecule has 3 nitrogen and oxygen atoms in total. The van der Waals surface area contributed by atoms with Crippen LogP contribution in [-0.2, 0) is 13.1 Å². The Balaban J connectivity index is 2.62. The van der Waals surface area contributed by atoms with E-state index in [1.165, 1.54) is 5.56 Å². The van der Waals surface area contributed by atoms with Gasteiger partial charge in [0.1, 0.15) is 5.82 Å². The van der Waals surface area contributed by atoms with Crippen LogP contribution in [0.4, 0.5) is 0 Å². The molecule has 2 rings (SSSR count). The molecule has 0 bridgehead atoms. The number of fused-ring (bicyclic) bond motifs is 1. The number of hydrogen-bond acceptors (Lipinski definition) is 2. The van der Waals surface area contributed by atoms with Crippen LogP contribution in [0, 0.1) is 12.3 Å². The molecular weight excluding hydrogens is 210 g/mol. The summed E-state index contributed by atoms with van der Waals surface area (Å²) in [5.74, 6) is 3.99. The summed E-state index contributed by atoms with van der Waals surface area (Å²) >= 11 is 0. The van der Waals surface area contributed by atoms with Crippen LogP contribution in [0.2, 0.25) is 0 Å². The third-order valence-electron chi connectivity index (χ3n) is 2.95. The van der Waals surface area contributed by atoms with Gasteiger partial charge in [-0.2, -0.15) is 0 Å². The Labute approximate surface area is 102 Å². The van der Waals surface area contributed by atoms with Crippen molar-refractivity contribution < 1.29 is 0 Å². The molecule has 2 aromatic rings. The van der Waals surface area contributed by atoms with Crippen molar-refractivity contribution in [2.24, 2.45) is 5.73 Å². The Bertz CT molecular complexity index is 573. The van der Waals surface area contributed by atoms with E-state index in [9.17, 15) is 0 Å². The lowest BCUT2D eigenvalue weighted by atomic mass is 10.0. The highest BCUT2D eigenvalue weighted by atomic mass is 15.1. The Morgan fingerprint density at radius 1 is 1.47 bits per heavy atom. The van der Waals surface area contributed by atoms with Crippen molar-refractivity contribution in [1.82, 2.24) is 9.55 Å². The molecular formula is C14H17N3. The number of benzene rings is 1. The average molecular weight is 227 g/mol. The van der Waals surface area contributed by atoms with Gasteiger partial charge < -0.3 is 10.3 Å². The fraction of sp³-hybridized carbons (Fsp3) is 0.357. The molecule has 1 aromatic carbocycles. The summed E-state index contributed by atoms with van der Waals surface area (Å²) < 4.78 is 2.00. The highest BCUT2D eigenvalue weighted by molar-refractivity contribution is 5.77. The van der Waals surface area contributed by atoms with E-state index in [-0.39, 0.29) is 0 Å². The minimum absolute atomic E-state index is 0.410. The third kappa shape index (κ3) is 2.04. The van der Waals surface area contributed by atoms with Crippen LogP contribution in [0.1, 0.15) is 31.2 Å². The van der Waals surface area contributed by atoms with Crippen molar-refractivity contribution in [3.8, 4) is 12.3 Å². The molecule has 0 atom stereocenters. The largest absolute Gasteiger partial charge is 0.324 e. The monoisotopic (exact) mass is 227 g/mol. The maximum atomic E-state index is 5.69. The van der Waals surface area contributed by atoms with Crippen molar-refractivity contribution in [1.29, 1.82) is 0 Å². The lowest BCUT2D eigenvalue weighted by Crippen LogP contribution is -2.07. The van der Waals surface area contributed by atoms with Gasteiger partial charge in [-0.3, -0.25) is 0 Å². The number of nitrogens with two attached hydrogens (primary N) is 1. The summed E-state index contributed by atoms with van der Waals surface area (Å²) in [7, 11) is 0. The number of nitrogens with zero attached hydrogens (tertiary/aromatic N) is 2. The second-order valence-electron chi connectivity index (χ2n) is 4.43.